The maximum absolute atomic E-state index is 12.1. The number of pyridine rings is 1. The van der Waals surface area contributed by atoms with Gasteiger partial charge in [-0.2, -0.15) is 0 Å². The molecule has 0 atom stereocenters. The molecule has 5 nitrogen and oxygen atoms in total. The average molecular weight is 425 g/mol. The zero-order valence-electron chi connectivity index (χ0n) is 12.2. The molecule has 2 rings (SSSR count). The highest BCUT2D eigenvalue weighted by molar-refractivity contribution is 8.93. The summed E-state index contributed by atoms with van der Waals surface area (Å²) in [5.74, 6) is -0.146. The van der Waals surface area contributed by atoms with Crippen LogP contribution in [0, 0.1) is 5.41 Å². The fourth-order valence-electron chi connectivity index (χ4n) is 2.52. The van der Waals surface area contributed by atoms with Gasteiger partial charge >= 0.3 is 5.97 Å². The summed E-state index contributed by atoms with van der Waals surface area (Å²) < 4.78 is 5.17. The SMILES string of the molecule is Br.Br.CCOC(=O)C1(CN)CCN(c2ccncc2)CC1. The van der Waals surface area contributed by atoms with Crippen molar-refractivity contribution in [2.75, 3.05) is 31.1 Å². The molecule has 1 aromatic rings. The lowest BCUT2D eigenvalue weighted by Gasteiger charge is -2.40. The molecule has 21 heavy (non-hydrogen) atoms. The first-order valence-corrected chi connectivity index (χ1v) is 6.74. The van der Waals surface area contributed by atoms with Crippen LogP contribution in [0.25, 0.3) is 0 Å². The van der Waals surface area contributed by atoms with Crippen molar-refractivity contribution in [3.63, 3.8) is 0 Å². The second-order valence-corrected chi connectivity index (χ2v) is 4.90. The predicted molar refractivity (Wildman–Crippen MR) is 94.4 cm³/mol. The smallest absolute Gasteiger partial charge is 0.313 e. The molecule has 0 spiro atoms. The van der Waals surface area contributed by atoms with Crippen molar-refractivity contribution in [3.05, 3.63) is 24.5 Å². The van der Waals surface area contributed by atoms with Crippen molar-refractivity contribution in [3.8, 4) is 0 Å². The van der Waals surface area contributed by atoms with Gasteiger partial charge in [0, 0.05) is 37.7 Å². The molecular weight excluding hydrogens is 402 g/mol. The molecule has 2 N–H and O–H groups in total. The summed E-state index contributed by atoms with van der Waals surface area (Å²) in [6.07, 6.45) is 5.05. The van der Waals surface area contributed by atoms with E-state index in [2.05, 4.69) is 9.88 Å². The quantitative estimate of drug-likeness (QED) is 0.751. The number of carbonyl (C=O) groups is 1. The Balaban J connectivity index is 0.00000200. The first-order valence-electron chi connectivity index (χ1n) is 6.74. The van der Waals surface area contributed by atoms with Gasteiger partial charge in [0.2, 0.25) is 0 Å². The Kier molecular flexibility index (Phi) is 9.08. The van der Waals surface area contributed by atoms with Gasteiger partial charge in [-0.15, -0.1) is 34.0 Å². The summed E-state index contributed by atoms with van der Waals surface area (Å²) in [6, 6.07) is 3.97. The molecule has 2 heterocycles. The van der Waals surface area contributed by atoms with Gasteiger partial charge in [-0.3, -0.25) is 9.78 Å². The molecule has 1 saturated heterocycles. The molecule has 1 aliphatic rings. The third kappa shape index (κ3) is 4.66. The lowest BCUT2D eigenvalue weighted by molar-refractivity contribution is -0.156. The van der Waals surface area contributed by atoms with E-state index in [1.54, 1.807) is 12.4 Å². The number of hydrogen-bond acceptors (Lipinski definition) is 5. The molecule has 0 radical (unpaired) electrons. The van der Waals surface area contributed by atoms with E-state index in [1.165, 1.54) is 0 Å². The van der Waals surface area contributed by atoms with Crippen LogP contribution in [-0.4, -0.2) is 37.2 Å². The standard InChI is InChI=1S/C14H21N3O2.2BrH/c1-2-19-13(18)14(11-15)5-9-17(10-6-14)12-3-7-16-8-4-12;;/h3-4,7-8H,2,5-6,9-11,15H2,1H3;2*1H. The van der Waals surface area contributed by atoms with Crippen molar-refractivity contribution in [1.82, 2.24) is 4.98 Å². The Morgan fingerprint density at radius 3 is 2.38 bits per heavy atom. The van der Waals surface area contributed by atoms with Crippen LogP contribution in [0.3, 0.4) is 0 Å². The summed E-state index contributed by atoms with van der Waals surface area (Å²) >= 11 is 0. The number of esters is 1. The van der Waals surface area contributed by atoms with Crippen molar-refractivity contribution in [2.24, 2.45) is 11.1 Å². The van der Waals surface area contributed by atoms with Crippen LogP contribution in [0.1, 0.15) is 19.8 Å². The van der Waals surface area contributed by atoms with Crippen molar-refractivity contribution in [2.45, 2.75) is 19.8 Å². The van der Waals surface area contributed by atoms with Crippen LogP contribution >= 0.6 is 34.0 Å². The maximum Gasteiger partial charge on any atom is 0.313 e. The van der Waals surface area contributed by atoms with Gasteiger partial charge in [0.1, 0.15) is 0 Å². The summed E-state index contributed by atoms with van der Waals surface area (Å²) in [5.41, 5.74) is 6.47. The van der Waals surface area contributed by atoms with E-state index < -0.39 is 5.41 Å². The Morgan fingerprint density at radius 2 is 1.90 bits per heavy atom. The van der Waals surface area contributed by atoms with Crippen LogP contribution in [0.4, 0.5) is 5.69 Å². The number of piperidine rings is 1. The van der Waals surface area contributed by atoms with Crippen molar-refractivity contribution >= 4 is 45.6 Å². The summed E-state index contributed by atoms with van der Waals surface area (Å²) in [6.45, 7) is 4.24. The van der Waals surface area contributed by atoms with E-state index in [0.29, 0.717) is 13.2 Å². The number of aromatic nitrogens is 1. The minimum Gasteiger partial charge on any atom is -0.466 e. The summed E-state index contributed by atoms with van der Waals surface area (Å²) in [7, 11) is 0. The van der Waals surface area contributed by atoms with Gasteiger partial charge in [-0.05, 0) is 31.9 Å². The Bertz CT molecular complexity index is 423. The number of rotatable bonds is 4. The summed E-state index contributed by atoms with van der Waals surface area (Å²) in [4.78, 5) is 18.3. The third-order valence-electron chi connectivity index (χ3n) is 3.85. The number of ether oxygens (including phenoxy) is 1. The fraction of sp³-hybridized carbons (Fsp3) is 0.571. The van der Waals surface area contributed by atoms with E-state index >= 15 is 0 Å². The molecule has 120 valence electrons. The van der Waals surface area contributed by atoms with Gasteiger partial charge < -0.3 is 15.4 Å². The van der Waals surface area contributed by atoms with Crippen LogP contribution < -0.4 is 10.6 Å². The van der Waals surface area contributed by atoms with Crippen LogP contribution in [0.5, 0.6) is 0 Å². The molecule has 0 aromatic carbocycles. The lowest BCUT2D eigenvalue weighted by atomic mass is 9.78. The molecule has 0 amide bonds. The molecule has 0 unspecified atom stereocenters. The van der Waals surface area contributed by atoms with Gasteiger partial charge in [0.25, 0.3) is 0 Å². The largest absolute Gasteiger partial charge is 0.466 e. The van der Waals surface area contributed by atoms with Gasteiger partial charge in [0.05, 0.1) is 12.0 Å². The average Bonchev–Trinajstić information content (AvgIpc) is 2.48. The van der Waals surface area contributed by atoms with Crippen LogP contribution in [0.15, 0.2) is 24.5 Å². The molecule has 0 bridgehead atoms. The zero-order chi connectivity index (χ0) is 13.7. The minimum absolute atomic E-state index is 0. The Hall–Kier alpha value is -0.660. The highest BCUT2D eigenvalue weighted by Gasteiger charge is 2.41. The molecule has 1 aliphatic heterocycles. The molecule has 1 fully saturated rings. The fourth-order valence-corrected chi connectivity index (χ4v) is 2.52. The minimum atomic E-state index is -0.500. The van der Waals surface area contributed by atoms with E-state index in [-0.39, 0.29) is 39.9 Å². The zero-order valence-corrected chi connectivity index (χ0v) is 15.6. The second kappa shape index (κ2) is 9.38. The Labute approximate surface area is 146 Å². The second-order valence-electron chi connectivity index (χ2n) is 4.90. The molecule has 7 heteroatoms. The van der Waals surface area contributed by atoms with Gasteiger partial charge in [-0.25, -0.2) is 0 Å². The Morgan fingerprint density at radius 1 is 1.33 bits per heavy atom. The van der Waals surface area contributed by atoms with Crippen molar-refractivity contribution in [1.29, 1.82) is 0 Å². The highest BCUT2D eigenvalue weighted by atomic mass is 79.9. The normalized spacial score (nSPS) is 16.4. The highest BCUT2D eigenvalue weighted by Crippen LogP contribution is 2.33. The summed E-state index contributed by atoms with van der Waals surface area (Å²) in [5, 5.41) is 0. The van der Waals surface area contributed by atoms with E-state index in [9.17, 15) is 4.79 Å². The predicted octanol–water partition coefficient (Wildman–Crippen LogP) is 2.35. The first-order chi connectivity index (χ1) is 9.22. The number of anilines is 1. The first kappa shape index (κ1) is 20.3. The maximum atomic E-state index is 12.1. The molecule has 1 aromatic heterocycles. The van der Waals surface area contributed by atoms with Crippen LogP contribution in [0.2, 0.25) is 0 Å². The third-order valence-corrected chi connectivity index (χ3v) is 3.85. The molecule has 0 aliphatic carbocycles. The van der Waals surface area contributed by atoms with Crippen LogP contribution in [-0.2, 0) is 9.53 Å². The number of carbonyl (C=O) groups excluding carboxylic acids is 1. The van der Waals surface area contributed by atoms with E-state index in [0.717, 1.165) is 31.6 Å². The number of halogens is 2. The van der Waals surface area contributed by atoms with Gasteiger partial charge in [-0.1, -0.05) is 0 Å². The van der Waals surface area contributed by atoms with Gasteiger partial charge in [0.15, 0.2) is 0 Å². The van der Waals surface area contributed by atoms with Crippen molar-refractivity contribution < 1.29 is 9.53 Å². The lowest BCUT2D eigenvalue weighted by Crippen LogP contribution is -2.49. The molecule has 0 saturated carbocycles. The topological polar surface area (TPSA) is 68.5 Å². The monoisotopic (exact) mass is 423 g/mol. The number of nitrogens with zero attached hydrogens (tertiary/aromatic N) is 2. The number of hydrogen-bond donors (Lipinski definition) is 1. The molecular formula is C14H23Br2N3O2. The number of nitrogens with two attached hydrogens (primary N) is 1. The van der Waals surface area contributed by atoms with E-state index in [4.69, 9.17) is 10.5 Å². The van der Waals surface area contributed by atoms with E-state index in [1.807, 2.05) is 19.1 Å².